The summed E-state index contributed by atoms with van der Waals surface area (Å²) in [7, 11) is 0. The molecule has 0 heterocycles. The van der Waals surface area contributed by atoms with Crippen LogP contribution in [0, 0.1) is 51.2 Å². The molecule has 4 saturated carbocycles. The molecule has 4 rings (SSSR count). The monoisotopic (exact) mass is 821 g/mol. The van der Waals surface area contributed by atoms with E-state index >= 15 is 0 Å². The fourth-order valence-electron chi connectivity index (χ4n) is 15.0. The molecule has 0 aromatic heterocycles. The smallest absolute Gasteiger partial charge is 0.306 e. The van der Waals surface area contributed by atoms with Gasteiger partial charge in [0.15, 0.2) is 0 Å². The number of allylic oxidation sites excluding steroid dienone is 1. The maximum Gasteiger partial charge on any atom is 0.306 e. The van der Waals surface area contributed by atoms with Gasteiger partial charge in [0.25, 0.3) is 0 Å². The van der Waals surface area contributed by atoms with Crippen LogP contribution in [0.5, 0.6) is 0 Å². The van der Waals surface area contributed by atoms with Gasteiger partial charge in [-0.05, 0) is 123 Å². The second kappa shape index (κ2) is 25.5. The number of hydrogen-bond donors (Lipinski definition) is 0. The van der Waals surface area contributed by atoms with Gasteiger partial charge in [-0.3, -0.25) is 4.79 Å². The first-order valence-corrected chi connectivity index (χ1v) is 27.1. The molecule has 0 amide bonds. The van der Waals surface area contributed by atoms with E-state index in [0.717, 1.165) is 36.5 Å². The normalized spacial score (nSPS) is 31.6. The zero-order valence-corrected chi connectivity index (χ0v) is 41.4. The van der Waals surface area contributed by atoms with Crippen LogP contribution in [0.1, 0.15) is 287 Å². The quantitative estimate of drug-likeness (QED) is 0.0396. The molecule has 0 spiro atoms. The third-order valence-corrected chi connectivity index (χ3v) is 18.9. The second-order valence-corrected chi connectivity index (χ2v) is 23.4. The first kappa shape index (κ1) is 50.9. The van der Waals surface area contributed by atoms with E-state index in [0.29, 0.717) is 28.6 Å². The van der Waals surface area contributed by atoms with Gasteiger partial charge in [0.05, 0.1) is 0 Å². The van der Waals surface area contributed by atoms with Gasteiger partial charge >= 0.3 is 5.97 Å². The second-order valence-electron chi connectivity index (χ2n) is 23.4. The van der Waals surface area contributed by atoms with Crippen molar-refractivity contribution in [3.63, 3.8) is 0 Å². The number of hydrogen-bond acceptors (Lipinski definition) is 2. The highest BCUT2D eigenvalue weighted by Crippen LogP contribution is 2.74. The van der Waals surface area contributed by atoms with Crippen LogP contribution < -0.4 is 0 Å². The molecule has 2 nitrogen and oxygen atoms in total. The van der Waals surface area contributed by atoms with Crippen molar-refractivity contribution in [2.24, 2.45) is 51.2 Å². The van der Waals surface area contributed by atoms with Gasteiger partial charge in [0.1, 0.15) is 6.10 Å². The third kappa shape index (κ3) is 14.1. The van der Waals surface area contributed by atoms with E-state index in [1.165, 1.54) is 217 Å². The summed E-state index contributed by atoms with van der Waals surface area (Å²) in [4.78, 5) is 13.3. The van der Waals surface area contributed by atoms with Crippen molar-refractivity contribution < 1.29 is 9.53 Å². The lowest BCUT2D eigenvalue weighted by Crippen LogP contribution is -2.62. The summed E-state index contributed by atoms with van der Waals surface area (Å²) in [5.74, 6) is 4.11. The Labute approximate surface area is 370 Å². The van der Waals surface area contributed by atoms with Crippen LogP contribution in [0.25, 0.3) is 0 Å². The minimum atomic E-state index is 0.0530. The fraction of sp³-hybridized carbons (Fsp3) is 0.947. The topological polar surface area (TPSA) is 26.3 Å². The summed E-state index contributed by atoms with van der Waals surface area (Å²) in [6, 6.07) is 0. The van der Waals surface area contributed by atoms with E-state index < -0.39 is 0 Å². The Morgan fingerprint density at radius 3 is 1.53 bits per heavy atom. The summed E-state index contributed by atoms with van der Waals surface area (Å²) < 4.78 is 6.44. The summed E-state index contributed by atoms with van der Waals surface area (Å²) in [6.45, 7) is 24.4. The number of unbranched alkanes of at least 4 members (excludes halogenated alkanes) is 23. The number of carbonyl (C=O) groups excluding carboxylic acids is 1. The molecule has 0 bridgehead atoms. The molecule has 0 aromatic rings. The SMILES string of the molecule is C=C(C)CCC[C@@H](C)[C@H]1CC[C@]2(C)[C@@H]3CC[C@H]4C(C)(C)[C@H](OC(=O)CCCCCCCCCCCCCCCCCCCCCCCCCC)CC[C@]4(C)[C@H]3CC[C@@]12C. The fourth-order valence-corrected chi connectivity index (χ4v) is 15.0. The predicted octanol–water partition coefficient (Wildman–Crippen LogP) is 18.7. The summed E-state index contributed by atoms with van der Waals surface area (Å²) >= 11 is 0. The van der Waals surface area contributed by atoms with Crippen LogP contribution in [0.3, 0.4) is 0 Å². The van der Waals surface area contributed by atoms with E-state index in [1.807, 2.05) is 0 Å². The Bertz CT molecular complexity index is 1190. The van der Waals surface area contributed by atoms with Crippen LogP contribution in [0.4, 0.5) is 0 Å². The van der Waals surface area contributed by atoms with Gasteiger partial charge < -0.3 is 4.74 Å². The van der Waals surface area contributed by atoms with E-state index in [-0.39, 0.29) is 17.5 Å². The van der Waals surface area contributed by atoms with Gasteiger partial charge in [0.2, 0.25) is 0 Å². The first-order valence-electron chi connectivity index (χ1n) is 27.1. The number of fused-ring (bicyclic) bond motifs is 5. The van der Waals surface area contributed by atoms with Gasteiger partial charge in [-0.2, -0.15) is 0 Å². The molecule has 0 unspecified atom stereocenters. The highest BCUT2D eigenvalue weighted by Gasteiger charge is 2.67. The van der Waals surface area contributed by atoms with Crippen LogP contribution in [0.15, 0.2) is 12.2 Å². The van der Waals surface area contributed by atoms with Crippen molar-refractivity contribution in [2.45, 2.75) is 293 Å². The Morgan fingerprint density at radius 1 is 0.559 bits per heavy atom. The molecule has 59 heavy (non-hydrogen) atoms. The Hall–Kier alpha value is -0.790. The van der Waals surface area contributed by atoms with Crippen LogP contribution in [-0.2, 0) is 9.53 Å². The van der Waals surface area contributed by atoms with Gasteiger partial charge in [-0.25, -0.2) is 0 Å². The Morgan fingerprint density at radius 2 is 1.03 bits per heavy atom. The van der Waals surface area contributed by atoms with Crippen molar-refractivity contribution >= 4 is 5.97 Å². The number of carbonyl (C=O) groups is 1. The first-order chi connectivity index (χ1) is 28.3. The highest BCUT2D eigenvalue weighted by atomic mass is 16.5. The predicted molar refractivity (Wildman–Crippen MR) is 258 cm³/mol. The van der Waals surface area contributed by atoms with Crippen LogP contribution in [-0.4, -0.2) is 12.1 Å². The van der Waals surface area contributed by atoms with E-state index in [1.54, 1.807) is 0 Å². The molecule has 4 aliphatic carbocycles. The standard InChI is InChI=1S/C57H104O2/c1-10-11-12-13-14-15-16-17-18-19-20-21-22-23-24-25-26-27-28-29-30-31-32-33-37-53(58)59-52-42-43-55(7)49-41-45-56(8)48(47(4)36-34-35-46(2)3)40-44-57(56,9)50(49)38-39-51(55)54(52,5)6/h47-52H,2,10-45H2,1,3-9H3/t47-,48-,49+,50-,51+,52-,55-,56+,57-/m1/s1. The average molecular weight is 821 g/mol. The van der Waals surface area contributed by atoms with Crippen molar-refractivity contribution in [3.05, 3.63) is 12.2 Å². The minimum absolute atomic E-state index is 0.0530. The highest BCUT2D eigenvalue weighted by molar-refractivity contribution is 5.69. The molecule has 9 atom stereocenters. The number of esters is 1. The zero-order valence-electron chi connectivity index (χ0n) is 41.4. The van der Waals surface area contributed by atoms with Gasteiger partial charge in [-0.1, -0.05) is 208 Å². The largest absolute Gasteiger partial charge is 0.462 e. The molecule has 0 aliphatic heterocycles. The zero-order chi connectivity index (χ0) is 42.8. The lowest BCUT2D eigenvalue weighted by Gasteiger charge is -2.67. The van der Waals surface area contributed by atoms with Crippen molar-refractivity contribution in [2.75, 3.05) is 0 Å². The lowest BCUT2D eigenvalue weighted by atomic mass is 9.38. The summed E-state index contributed by atoms with van der Waals surface area (Å²) in [5.41, 5.74) is 2.72. The molecule has 4 fully saturated rings. The maximum absolute atomic E-state index is 13.3. The minimum Gasteiger partial charge on any atom is -0.462 e. The number of ether oxygens (including phenoxy) is 1. The molecule has 4 aliphatic rings. The molecule has 0 N–H and O–H groups in total. The van der Waals surface area contributed by atoms with E-state index in [2.05, 4.69) is 62.0 Å². The van der Waals surface area contributed by atoms with Crippen molar-refractivity contribution in [1.29, 1.82) is 0 Å². The number of rotatable bonds is 31. The van der Waals surface area contributed by atoms with Crippen molar-refractivity contribution in [3.8, 4) is 0 Å². The Kier molecular flexibility index (Phi) is 22.0. The summed E-state index contributed by atoms with van der Waals surface area (Å²) in [5, 5.41) is 0. The van der Waals surface area contributed by atoms with Gasteiger partial charge in [0, 0.05) is 11.8 Å². The van der Waals surface area contributed by atoms with Crippen LogP contribution in [0.2, 0.25) is 0 Å². The molecule has 0 aromatic carbocycles. The molecular formula is C57H104O2. The van der Waals surface area contributed by atoms with Crippen molar-refractivity contribution in [1.82, 2.24) is 0 Å². The van der Waals surface area contributed by atoms with Crippen LogP contribution >= 0.6 is 0 Å². The van der Waals surface area contributed by atoms with E-state index in [4.69, 9.17) is 4.74 Å². The molecule has 2 heteroatoms. The third-order valence-electron chi connectivity index (χ3n) is 18.9. The lowest BCUT2D eigenvalue weighted by molar-refractivity contribution is -0.210. The maximum atomic E-state index is 13.3. The molecular weight excluding hydrogens is 717 g/mol. The molecule has 0 saturated heterocycles. The molecule has 0 radical (unpaired) electrons. The molecule has 344 valence electrons. The van der Waals surface area contributed by atoms with E-state index in [9.17, 15) is 4.79 Å². The Balaban J connectivity index is 1.02. The average Bonchev–Trinajstić information content (AvgIpc) is 3.48. The van der Waals surface area contributed by atoms with Gasteiger partial charge in [-0.15, -0.1) is 6.58 Å². The summed E-state index contributed by atoms with van der Waals surface area (Å²) in [6.07, 6.45) is 48.9.